The van der Waals surface area contributed by atoms with Gasteiger partial charge in [0.05, 0.1) is 17.9 Å². The smallest absolute Gasteiger partial charge is 0.264 e. The molecule has 9 heteroatoms. The van der Waals surface area contributed by atoms with Crippen molar-refractivity contribution >= 4 is 0 Å². The van der Waals surface area contributed by atoms with Crippen LogP contribution in [0.3, 0.4) is 0 Å². The van der Waals surface area contributed by atoms with E-state index in [-0.39, 0.29) is 36.6 Å². The van der Waals surface area contributed by atoms with Gasteiger partial charge in [-0.3, -0.25) is 5.10 Å². The van der Waals surface area contributed by atoms with Gasteiger partial charge in [-0.05, 0) is 30.2 Å². The van der Waals surface area contributed by atoms with E-state index in [0.717, 1.165) is 11.1 Å². The van der Waals surface area contributed by atoms with Crippen LogP contribution in [0, 0.1) is 0 Å². The van der Waals surface area contributed by atoms with Crippen LogP contribution in [-0.4, -0.2) is 49.6 Å². The van der Waals surface area contributed by atoms with Gasteiger partial charge in [-0.2, -0.15) is 5.10 Å². The van der Waals surface area contributed by atoms with Crippen LogP contribution >= 0.6 is 0 Å². The molecule has 2 aliphatic heterocycles. The van der Waals surface area contributed by atoms with Crippen LogP contribution in [-0.2, 0) is 0 Å². The molecule has 1 aromatic carbocycles. The largest absolute Gasteiger partial charge is 0.507 e. The first-order chi connectivity index (χ1) is 14.0. The Morgan fingerprint density at radius 2 is 2.00 bits per heavy atom. The summed E-state index contributed by atoms with van der Waals surface area (Å²) >= 11 is 0. The molecule has 2 bridgehead atoms. The second-order valence-electron chi connectivity index (χ2n) is 7.57. The zero-order chi connectivity index (χ0) is 20.0. The van der Waals surface area contributed by atoms with E-state index in [4.69, 9.17) is 4.74 Å². The second-order valence-corrected chi connectivity index (χ2v) is 7.57. The number of phenols is 1. The minimum atomic E-state index is -2.68. The van der Waals surface area contributed by atoms with Gasteiger partial charge < -0.3 is 15.2 Å². The van der Waals surface area contributed by atoms with Crippen molar-refractivity contribution in [3.63, 3.8) is 0 Å². The molecule has 0 unspecified atom stereocenters. The van der Waals surface area contributed by atoms with Crippen molar-refractivity contribution in [2.24, 2.45) is 0 Å². The van der Waals surface area contributed by atoms with Gasteiger partial charge >= 0.3 is 0 Å². The fourth-order valence-electron chi connectivity index (χ4n) is 4.13. The number of nitrogens with one attached hydrogen (secondary N) is 2. The third-order valence-electron chi connectivity index (χ3n) is 5.54. The summed E-state index contributed by atoms with van der Waals surface area (Å²) in [5.74, 6) is -2.32. The molecule has 150 valence electrons. The molecule has 0 amide bonds. The number of rotatable bonds is 4. The predicted molar refractivity (Wildman–Crippen MR) is 101 cm³/mol. The molecule has 2 saturated heterocycles. The number of halogens is 2. The lowest BCUT2D eigenvalue weighted by molar-refractivity contribution is -0.0195. The molecule has 0 spiro atoms. The molecule has 0 aliphatic carbocycles. The molecule has 0 saturated carbocycles. The van der Waals surface area contributed by atoms with E-state index in [9.17, 15) is 13.9 Å². The average Bonchev–Trinajstić information content (AvgIpc) is 3.29. The van der Waals surface area contributed by atoms with Gasteiger partial charge in [0.2, 0.25) is 5.88 Å². The van der Waals surface area contributed by atoms with Gasteiger partial charge in [-0.1, -0.05) is 6.07 Å². The fourth-order valence-corrected chi connectivity index (χ4v) is 4.13. The maximum absolute atomic E-state index is 13.8. The lowest BCUT2D eigenvalue weighted by Gasteiger charge is -2.29. The van der Waals surface area contributed by atoms with E-state index in [1.54, 1.807) is 36.7 Å². The number of aromatic amines is 1. The molecule has 3 aromatic rings. The number of aromatic hydroxyl groups is 1. The number of piperidine rings is 1. The third kappa shape index (κ3) is 3.42. The Hall–Kier alpha value is -3.07. The zero-order valence-corrected chi connectivity index (χ0v) is 15.3. The normalized spacial score (nSPS) is 25.1. The van der Waals surface area contributed by atoms with Crippen molar-refractivity contribution in [2.75, 3.05) is 0 Å². The standard InChI is InChI=1S/C20H19F2N5O2/c21-20(22)8-13-6-14(7-18(20)25-13)29-19-4-3-16(26-27-19)15-2-1-11(5-17(15)28)12-9-23-24-10-12/h1-5,9-10,13-14,18,25,28H,6-8H2,(H,23,24)/t13-,14+,18+/m1/s1. The van der Waals surface area contributed by atoms with Gasteiger partial charge in [0.1, 0.15) is 11.9 Å². The highest BCUT2D eigenvalue weighted by atomic mass is 19.3. The topological polar surface area (TPSA) is 96.0 Å². The van der Waals surface area contributed by atoms with Crippen LogP contribution in [0.4, 0.5) is 8.78 Å². The first kappa shape index (κ1) is 18.0. The molecule has 3 N–H and O–H groups in total. The fraction of sp³-hybridized carbons (Fsp3) is 0.350. The Morgan fingerprint density at radius 3 is 2.69 bits per heavy atom. The highest BCUT2D eigenvalue weighted by molar-refractivity contribution is 5.73. The van der Waals surface area contributed by atoms with Crippen molar-refractivity contribution in [2.45, 2.75) is 43.4 Å². The molecule has 7 nitrogen and oxygen atoms in total. The maximum atomic E-state index is 13.8. The lowest BCUT2D eigenvalue weighted by Crippen LogP contribution is -2.46. The number of hydrogen-bond acceptors (Lipinski definition) is 6. The lowest BCUT2D eigenvalue weighted by atomic mass is 10.0. The summed E-state index contributed by atoms with van der Waals surface area (Å²) in [7, 11) is 0. The highest BCUT2D eigenvalue weighted by Crippen LogP contribution is 2.40. The second kappa shape index (κ2) is 6.77. The average molecular weight is 399 g/mol. The summed E-state index contributed by atoms with van der Waals surface area (Å²) in [6.45, 7) is 0. The van der Waals surface area contributed by atoms with Gasteiger partial charge in [0.25, 0.3) is 5.92 Å². The van der Waals surface area contributed by atoms with Crippen LogP contribution in [0.15, 0.2) is 42.7 Å². The van der Waals surface area contributed by atoms with Crippen molar-refractivity contribution in [3.05, 3.63) is 42.7 Å². The molecule has 4 heterocycles. The van der Waals surface area contributed by atoms with E-state index in [2.05, 4.69) is 25.7 Å². The van der Waals surface area contributed by atoms with Gasteiger partial charge in [0.15, 0.2) is 0 Å². The number of fused-ring (bicyclic) bond motifs is 2. The first-order valence-electron chi connectivity index (χ1n) is 9.45. The number of phenolic OH excluding ortho intramolecular Hbond substituents is 1. The van der Waals surface area contributed by atoms with Gasteiger partial charge in [0, 0.05) is 42.3 Å². The summed E-state index contributed by atoms with van der Waals surface area (Å²) in [6, 6.07) is 7.52. The highest BCUT2D eigenvalue weighted by Gasteiger charge is 2.53. The van der Waals surface area contributed by atoms with Crippen LogP contribution in [0.25, 0.3) is 22.4 Å². The number of aromatic nitrogens is 4. The van der Waals surface area contributed by atoms with E-state index in [0.29, 0.717) is 17.7 Å². The number of benzene rings is 1. The maximum Gasteiger partial charge on any atom is 0.264 e. The van der Waals surface area contributed by atoms with Gasteiger partial charge in [-0.15, -0.1) is 10.2 Å². The summed E-state index contributed by atoms with van der Waals surface area (Å²) < 4.78 is 33.5. The number of alkyl halides is 2. The molecular formula is C20H19F2N5O2. The number of ether oxygens (including phenoxy) is 1. The summed E-state index contributed by atoms with van der Waals surface area (Å²) in [5, 5.41) is 28.2. The Bertz CT molecular complexity index is 1010. The van der Waals surface area contributed by atoms with E-state index in [1.165, 1.54) is 0 Å². The van der Waals surface area contributed by atoms with Gasteiger partial charge in [-0.25, -0.2) is 8.78 Å². The third-order valence-corrected chi connectivity index (χ3v) is 5.54. The first-order valence-corrected chi connectivity index (χ1v) is 9.45. The molecule has 29 heavy (non-hydrogen) atoms. The predicted octanol–water partition coefficient (Wildman–Crippen LogP) is 3.15. The summed E-state index contributed by atoms with van der Waals surface area (Å²) in [6.07, 6.45) is 3.71. The Kier molecular flexibility index (Phi) is 4.20. The minimum absolute atomic E-state index is 0.0730. The SMILES string of the molecule is Oc1cc(-c2cn[nH]c2)ccc1-c1ccc(O[C@H]2C[C@@H]3CC(F)(F)[C@H](C2)N3)nn1. The van der Waals surface area contributed by atoms with E-state index >= 15 is 0 Å². The van der Waals surface area contributed by atoms with Crippen molar-refractivity contribution in [3.8, 4) is 34.0 Å². The molecule has 2 fully saturated rings. The van der Waals surface area contributed by atoms with Crippen molar-refractivity contribution < 1.29 is 18.6 Å². The van der Waals surface area contributed by atoms with Crippen LogP contribution in [0.2, 0.25) is 0 Å². The Balaban J connectivity index is 1.30. The monoisotopic (exact) mass is 399 g/mol. The quantitative estimate of drug-likeness (QED) is 0.624. The van der Waals surface area contributed by atoms with Crippen LogP contribution < -0.4 is 10.1 Å². The van der Waals surface area contributed by atoms with Crippen molar-refractivity contribution in [1.29, 1.82) is 0 Å². The molecule has 3 atom stereocenters. The number of H-pyrrole nitrogens is 1. The van der Waals surface area contributed by atoms with E-state index in [1.807, 2.05) is 6.07 Å². The summed E-state index contributed by atoms with van der Waals surface area (Å²) in [5.41, 5.74) is 2.72. The van der Waals surface area contributed by atoms with Crippen LogP contribution in [0.1, 0.15) is 19.3 Å². The Morgan fingerprint density at radius 1 is 1.10 bits per heavy atom. The van der Waals surface area contributed by atoms with E-state index < -0.39 is 12.0 Å². The molecule has 5 rings (SSSR count). The molecule has 2 aliphatic rings. The molecule has 2 aromatic heterocycles. The molecular weight excluding hydrogens is 380 g/mol. The van der Waals surface area contributed by atoms with Crippen molar-refractivity contribution in [1.82, 2.24) is 25.7 Å². The van der Waals surface area contributed by atoms with Crippen LogP contribution in [0.5, 0.6) is 11.6 Å². The molecule has 0 radical (unpaired) electrons. The number of hydrogen-bond donors (Lipinski definition) is 3. The minimum Gasteiger partial charge on any atom is -0.507 e. The number of nitrogens with zero attached hydrogens (tertiary/aromatic N) is 3. The summed E-state index contributed by atoms with van der Waals surface area (Å²) in [4.78, 5) is 0. The zero-order valence-electron chi connectivity index (χ0n) is 15.3. The Labute approximate surface area is 165 Å².